The lowest BCUT2D eigenvalue weighted by Gasteiger charge is -2.24. The quantitative estimate of drug-likeness (QED) is 0.883. The lowest BCUT2D eigenvalue weighted by molar-refractivity contribution is 0.0314. The van der Waals surface area contributed by atoms with Crippen LogP contribution in [0, 0.1) is 0 Å². The fourth-order valence-electron chi connectivity index (χ4n) is 1.79. The number of nitrogens with one attached hydrogen (secondary N) is 1. The highest BCUT2D eigenvalue weighted by molar-refractivity contribution is 7.20. The van der Waals surface area contributed by atoms with Crippen molar-refractivity contribution in [3.63, 3.8) is 0 Å². The van der Waals surface area contributed by atoms with Crippen molar-refractivity contribution in [1.82, 2.24) is 10.3 Å². The number of amides is 1. The van der Waals surface area contributed by atoms with Crippen molar-refractivity contribution in [2.45, 2.75) is 32.3 Å². The van der Waals surface area contributed by atoms with Crippen molar-refractivity contribution in [1.29, 1.82) is 0 Å². The zero-order valence-corrected chi connectivity index (χ0v) is 12.0. The van der Waals surface area contributed by atoms with Gasteiger partial charge in [-0.25, -0.2) is 4.98 Å². The summed E-state index contributed by atoms with van der Waals surface area (Å²) in [6.45, 7) is 4.08. The molecule has 0 spiro atoms. The number of nitrogens with zero attached hydrogens (tertiary/aromatic N) is 1. The van der Waals surface area contributed by atoms with Gasteiger partial charge in [-0.3, -0.25) is 4.79 Å². The Hall–Kier alpha value is -1.46. The van der Waals surface area contributed by atoms with Gasteiger partial charge in [0.1, 0.15) is 0 Å². The molecule has 0 atom stereocenters. The number of fused-ring (bicyclic) bond motifs is 1. The molecule has 1 aromatic heterocycles. The van der Waals surface area contributed by atoms with Gasteiger partial charge in [0.05, 0.1) is 15.8 Å². The number of benzene rings is 1. The second-order valence-electron chi connectivity index (χ2n) is 4.60. The first-order valence-electron chi connectivity index (χ1n) is 6.44. The van der Waals surface area contributed by atoms with Crippen LogP contribution in [0.2, 0.25) is 0 Å². The normalized spacial score (nSPS) is 11.7. The summed E-state index contributed by atoms with van der Waals surface area (Å²) in [6.07, 6.45) is 1.23. The number of carbonyl (C=O) groups is 1. The molecule has 0 saturated carbocycles. The second kappa shape index (κ2) is 5.67. The van der Waals surface area contributed by atoms with Crippen molar-refractivity contribution in [3.8, 4) is 0 Å². The zero-order chi connectivity index (χ0) is 13.9. The van der Waals surface area contributed by atoms with E-state index in [1.165, 1.54) is 11.3 Å². The van der Waals surface area contributed by atoms with Crippen molar-refractivity contribution < 1.29 is 9.90 Å². The largest absolute Gasteiger partial charge is 0.388 e. The fourth-order valence-corrected chi connectivity index (χ4v) is 2.67. The Morgan fingerprint density at radius 1 is 1.37 bits per heavy atom. The molecule has 19 heavy (non-hydrogen) atoms. The lowest BCUT2D eigenvalue weighted by Crippen LogP contribution is -2.42. The third kappa shape index (κ3) is 3.11. The Kier molecular flexibility index (Phi) is 4.17. The molecule has 0 saturated heterocycles. The number of para-hydroxylation sites is 1. The summed E-state index contributed by atoms with van der Waals surface area (Å²) >= 11 is 1.37. The lowest BCUT2D eigenvalue weighted by atomic mass is 9.98. The van der Waals surface area contributed by atoms with Crippen molar-refractivity contribution in [3.05, 3.63) is 29.3 Å². The average molecular weight is 278 g/mol. The first-order chi connectivity index (χ1) is 9.08. The summed E-state index contributed by atoms with van der Waals surface area (Å²) in [6, 6.07) is 7.65. The molecule has 0 radical (unpaired) electrons. The number of aromatic nitrogens is 1. The molecule has 2 N–H and O–H groups in total. The van der Waals surface area contributed by atoms with Crippen molar-refractivity contribution in [2.24, 2.45) is 0 Å². The molecule has 2 rings (SSSR count). The molecular weight excluding hydrogens is 260 g/mol. The molecule has 0 unspecified atom stereocenters. The van der Waals surface area contributed by atoms with Crippen LogP contribution in [0.3, 0.4) is 0 Å². The standard InChI is InChI=1S/C14H18N2O2S/c1-3-14(18,4-2)9-15-12(17)13-16-10-7-5-6-8-11(10)19-13/h5-8,18H,3-4,9H2,1-2H3,(H,15,17). The maximum atomic E-state index is 12.0. The van der Waals surface area contributed by atoms with Gasteiger partial charge in [0.2, 0.25) is 0 Å². The highest BCUT2D eigenvalue weighted by atomic mass is 32.1. The molecule has 1 aromatic carbocycles. The van der Waals surface area contributed by atoms with E-state index in [0.717, 1.165) is 10.2 Å². The van der Waals surface area contributed by atoms with E-state index in [4.69, 9.17) is 0 Å². The molecule has 0 aliphatic carbocycles. The van der Waals surface area contributed by atoms with E-state index in [1.54, 1.807) is 0 Å². The number of rotatable bonds is 5. The van der Waals surface area contributed by atoms with Crippen LogP contribution < -0.4 is 5.32 Å². The van der Waals surface area contributed by atoms with Gasteiger partial charge in [0.15, 0.2) is 5.01 Å². The Bertz CT molecular complexity index is 543. The van der Waals surface area contributed by atoms with Crippen LogP contribution in [0.25, 0.3) is 10.2 Å². The van der Waals surface area contributed by atoms with Gasteiger partial charge in [0, 0.05) is 6.54 Å². The summed E-state index contributed by atoms with van der Waals surface area (Å²) in [5, 5.41) is 13.3. The van der Waals surface area contributed by atoms with Crippen LogP contribution in [-0.4, -0.2) is 28.1 Å². The highest BCUT2D eigenvalue weighted by Crippen LogP contribution is 2.21. The van der Waals surface area contributed by atoms with Crippen LogP contribution in [0.4, 0.5) is 0 Å². The van der Waals surface area contributed by atoms with Gasteiger partial charge in [-0.05, 0) is 25.0 Å². The number of thiazole rings is 1. The number of aliphatic hydroxyl groups is 1. The van der Waals surface area contributed by atoms with Crippen LogP contribution in [0.5, 0.6) is 0 Å². The van der Waals surface area contributed by atoms with Gasteiger partial charge in [-0.1, -0.05) is 26.0 Å². The SMILES string of the molecule is CCC(O)(CC)CNC(=O)c1nc2ccccc2s1. The van der Waals surface area contributed by atoms with Gasteiger partial charge >= 0.3 is 0 Å². The summed E-state index contributed by atoms with van der Waals surface area (Å²) in [5.41, 5.74) is 0.00527. The molecule has 0 fully saturated rings. The summed E-state index contributed by atoms with van der Waals surface area (Å²) in [7, 11) is 0. The predicted octanol–water partition coefficient (Wildman–Crippen LogP) is 2.58. The molecule has 1 heterocycles. The van der Waals surface area contributed by atoms with Gasteiger partial charge in [0.25, 0.3) is 5.91 Å². The Morgan fingerprint density at radius 3 is 2.68 bits per heavy atom. The molecule has 1 amide bonds. The van der Waals surface area contributed by atoms with Crippen LogP contribution in [-0.2, 0) is 0 Å². The molecule has 2 aromatic rings. The maximum absolute atomic E-state index is 12.0. The molecular formula is C14H18N2O2S. The number of hydrogen-bond acceptors (Lipinski definition) is 4. The predicted molar refractivity (Wildman–Crippen MR) is 77.5 cm³/mol. The van der Waals surface area contributed by atoms with E-state index >= 15 is 0 Å². The molecule has 4 nitrogen and oxygen atoms in total. The Morgan fingerprint density at radius 2 is 2.05 bits per heavy atom. The Balaban J connectivity index is 2.08. The number of carbonyl (C=O) groups excluding carboxylic acids is 1. The maximum Gasteiger partial charge on any atom is 0.280 e. The van der Waals surface area contributed by atoms with Crippen LogP contribution in [0.1, 0.15) is 36.5 Å². The molecule has 0 bridgehead atoms. The molecule has 5 heteroatoms. The molecule has 0 aliphatic heterocycles. The highest BCUT2D eigenvalue weighted by Gasteiger charge is 2.23. The van der Waals surface area contributed by atoms with E-state index in [-0.39, 0.29) is 12.5 Å². The topological polar surface area (TPSA) is 62.2 Å². The van der Waals surface area contributed by atoms with Crippen molar-refractivity contribution >= 4 is 27.5 Å². The second-order valence-corrected chi connectivity index (χ2v) is 5.63. The van der Waals surface area contributed by atoms with E-state index in [1.807, 2.05) is 38.1 Å². The van der Waals surface area contributed by atoms with Crippen LogP contribution in [0.15, 0.2) is 24.3 Å². The van der Waals surface area contributed by atoms with E-state index < -0.39 is 5.60 Å². The first-order valence-corrected chi connectivity index (χ1v) is 7.26. The molecule has 0 aliphatic rings. The zero-order valence-electron chi connectivity index (χ0n) is 11.1. The van der Waals surface area contributed by atoms with E-state index in [9.17, 15) is 9.90 Å². The van der Waals surface area contributed by atoms with E-state index in [0.29, 0.717) is 17.8 Å². The molecule has 102 valence electrons. The monoisotopic (exact) mass is 278 g/mol. The third-order valence-electron chi connectivity index (χ3n) is 3.38. The minimum Gasteiger partial charge on any atom is -0.388 e. The van der Waals surface area contributed by atoms with Gasteiger partial charge in [-0.2, -0.15) is 0 Å². The minimum atomic E-state index is -0.827. The van der Waals surface area contributed by atoms with Crippen molar-refractivity contribution in [2.75, 3.05) is 6.54 Å². The third-order valence-corrected chi connectivity index (χ3v) is 4.42. The fraction of sp³-hybridized carbons (Fsp3) is 0.429. The summed E-state index contributed by atoms with van der Waals surface area (Å²) in [4.78, 5) is 16.3. The minimum absolute atomic E-state index is 0.221. The average Bonchev–Trinajstić information content (AvgIpc) is 2.88. The number of hydrogen-bond donors (Lipinski definition) is 2. The summed E-state index contributed by atoms with van der Waals surface area (Å²) in [5.74, 6) is -0.221. The summed E-state index contributed by atoms with van der Waals surface area (Å²) < 4.78 is 0.994. The van der Waals surface area contributed by atoms with Gasteiger partial charge < -0.3 is 10.4 Å². The first kappa shape index (κ1) is 14.0. The smallest absolute Gasteiger partial charge is 0.280 e. The van der Waals surface area contributed by atoms with E-state index in [2.05, 4.69) is 10.3 Å². The Labute approximate surface area is 116 Å². The van der Waals surface area contributed by atoms with Crippen LogP contribution >= 0.6 is 11.3 Å². The van der Waals surface area contributed by atoms with Gasteiger partial charge in [-0.15, -0.1) is 11.3 Å².